The number of hydrogen-bond donors (Lipinski definition) is 3. The predicted molar refractivity (Wildman–Crippen MR) is 82.2 cm³/mol. The van der Waals surface area contributed by atoms with E-state index in [-0.39, 0.29) is 0 Å². The minimum Gasteiger partial charge on any atom is -0.480 e. The number of hydrogen-bond acceptors (Lipinski definition) is 2. The molecule has 19 heavy (non-hydrogen) atoms. The Morgan fingerprint density at radius 2 is 1.84 bits per heavy atom. The number of carbonyl (C=O) groups excluding carboxylic acids is 1. The van der Waals surface area contributed by atoms with E-state index in [1.165, 1.54) is 0 Å². The summed E-state index contributed by atoms with van der Waals surface area (Å²) in [6, 6.07) is 5.80. The Labute approximate surface area is 125 Å². The minimum absolute atomic E-state index is 0.522. The standard InChI is InChI=1S/C13H17IN2O3/c1-13(2,3)10(11(17)18)16-12(19)15-9-7-5-4-6-8(9)14/h4-7,10H,1-3H3,(H,17,18)(H2,15,16,19)/t10-/m1/s1. The van der Waals surface area contributed by atoms with Crippen molar-refractivity contribution in [1.29, 1.82) is 0 Å². The van der Waals surface area contributed by atoms with E-state index in [9.17, 15) is 9.59 Å². The van der Waals surface area contributed by atoms with Crippen molar-refractivity contribution in [2.75, 3.05) is 5.32 Å². The van der Waals surface area contributed by atoms with Gasteiger partial charge >= 0.3 is 12.0 Å². The molecule has 0 radical (unpaired) electrons. The lowest BCUT2D eigenvalue weighted by molar-refractivity contribution is -0.141. The van der Waals surface area contributed by atoms with Crippen molar-refractivity contribution in [3.05, 3.63) is 27.8 Å². The van der Waals surface area contributed by atoms with Crippen LogP contribution in [0.3, 0.4) is 0 Å². The molecular weight excluding hydrogens is 359 g/mol. The van der Waals surface area contributed by atoms with E-state index in [0.29, 0.717) is 5.69 Å². The van der Waals surface area contributed by atoms with E-state index in [0.717, 1.165) is 3.57 Å². The maximum atomic E-state index is 11.8. The average Bonchev–Trinajstić information content (AvgIpc) is 2.27. The van der Waals surface area contributed by atoms with Crippen LogP contribution in [0.5, 0.6) is 0 Å². The van der Waals surface area contributed by atoms with Gasteiger partial charge < -0.3 is 15.7 Å². The van der Waals surface area contributed by atoms with Gasteiger partial charge in [0, 0.05) is 3.57 Å². The second-order valence-electron chi connectivity index (χ2n) is 5.22. The first kappa shape index (κ1) is 15.7. The highest BCUT2D eigenvalue weighted by Crippen LogP contribution is 2.20. The number of carboxylic acids is 1. The normalized spacial score (nSPS) is 12.6. The number of carbonyl (C=O) groups is 2. The topological polar surface area (TPSA) is 78.4 Å². The summed E-state index contributed by atoms with van der Waals surface area (Å²) in [5.74, 6) is -1.05. The van der Waals surface area contributed by atoms with Crippen LogP contribution in [-0.4, -0.2) is 23.1 Å². The molecule has 3 N–H and O–H groups in total. The number of nitrogens with one attached hydrogen (secondary N) is 2. The third-order valence-electron chi connectivity index (χ3n) is 2.51. The van der Waals surface area contributed by atoms with Crippen LogP contribution >= 0.6 is 22.6 Å². The molecule has 6 heteroatoms. The smallest absolute Gasteiger partial charge is 0.326 e. The lowest BCUT2D eigenvalue weighted by Gasteiger charge is -2.27. The molecule has 104 valence electrons. The van der Waals surface area contributed by atoms with Gasteiger partial charge in [-0.05, 0) is 40.1 Å². The van der Waals surface area contributed by atoms with Crippen LogP contribution in [0.4, 0.5) is 10.5 Å². The first-order valence-corrected chi connectivity index (χ1v) is 6.84. The molecule has 5 nitrogen and oxygen atoms in total. The molecule has 0 aliphatic heterocycles. The zero-order valence-corrected chi connectivity index (χ0v) is 13.2. The van der Waals surface area contributed by atoms with Gasteiger partial charge in [0.15, 0.2) is 0 Å². The van der Waals surface area contributed by atoms with Crippen LogP contribution < -0.4 is 10.6 Å². The summed E-state index contributed by atoms with van der Waals surface area (Å²) < 4.78 is 0.887. The molecule has 1 rings (SSSR count). The Kier molecular flexibility index (Phi) is 5.16. The van der Waals surface area contributed by atoms with Gasteiger partial charge in [0.25, 0.3) is 0 Å². The Morgan fingerprint density at radius 3 is 2.32 bits per heavy atom. The largest absolute Gasteiger partial charge is 0.480 e. The van der Waals surface area contributed by atoms with Crippen molar-refractivity contribution >= 4 is 40.3 Å². The monoisotopic (exact) mass is 376 g/mol. The summed E-state index contributed by atoms with van der Waals surface area (Å²) in [7, 11) is 0. The molecule has 1 aromatic rings. The molecule has 0 fully saturated rings. The van der Waals surface area contributed by atoms with E-state index in [4.69, 9.17) is 5.11 Å². The number of halogens is 1. The first-order chi connectivity index (χ1) is 8.71. The fourth-order valence-corrected chi connectivity index (χ4v) is 2.02. The zero-order chi connectivity index (χ0) is 14.6. The molecule has 0 spiro atoms. The summed E-state index contributed by atoms with van der Waals surface area (Å²) in [6.07, 6.45) is 0. The highest BCUT2D eigenvalue weighted by molar-refractivity contribution is 14.1. The van der Waals surface area contributed by atoms with Crippen molar-refractivity contribution in [3.63, 3.8) is 0 Å². The van der Waals surface area contributed by atoms with Gasteiger partial charge in [0.1, 0.15) is 6.04 Å². The van der Waals surface area contributed by atoms with Gasteiger partial charge in [0.2, 0.25) is 0 Å². The van der Waals surface area contributed by atoms with Gasteiger partial charge in [-0.3, -0.25) is 0 Å². The number of rotatable bonds is 3. The molecule has 0 bridgehead atoms. The Balaban J connectivity index is 2.75. The van der Waals surface area contributed by atoms with Crippen molar-refractivity contribution in [2.24, 2.45) is 5.41 Å². The predicted octanol–water partition coefficient (Wildman–Crippen LogP) is 2.91. The number of benzene rings is 1. The van der Waals surface area contributed by atoms with Crippen molar-refractivity contribution < 1.29 is 14.7 Å². The van der Waals surface area contributed by atoms with Crippen molar-refractivity contribution in [1.82, 2.24) is 5.32 Å². The molecule has 0 saturated carbocycles. The van der Waals surface area contributed by atoms with E-state index in [1.54, 1.807) is 32.9 Å². The lowest BCUT2D eigenvalue weighted by Crippen LogP contribution is -2.50. The molecule has 1 aromatic carbocycles. The van der Waals surface area contributed by atoms with E-state index >= 15 is 0 Å². The summed E-state index contributed by atoms with van der Waals surface area (Å²) in [5.41, 5.74) is 0.0890. The number of aliphatic carboxylic acids is 1. The Morgan fingerprint density at radius 1 is 1.26 bits per heavy atom. The molecule has 0 heterocycles. The van der Waals surface area contributed by atoms with Gasteiger partial charge in [-0.1, -0.05) is 32.9 Å². The highest BCUT2D eigenvalue weighted by Gasteiger charge is 2.32. The molecule has 0 aromatic heterocycles. The summed E-state index contributed by atoms with van der Waals surface area (Å²) in [5, 5.41) is 14.3. The third kappa shape index (κ3) is 4.70. The number of anilines is 1. The van der Waals surface area contributed by atoms with Gasteiger partial charge in [-0.2, -0.15) is 0 Å². The summed E-state index contributed by atoms with van der Waals surface area (Å²) in [4.78, 5) is 23.0. The maximum Gasteiger partial charge on any atom is 0.326 e. The second-order valence-corrected chi connectivity index (χ2v) is 6.38. The quantitative estimate of drug-likeness (QED) is 0.710. The van der Waals surface area contributed by atoms with Crippen LogP contribution in [0.15, 0.2) is 24.3 Å². The number of amides is 2. The average molecular weight is 376 g/mol. The summed E-state index contributed by atoms with van der Waals surface area (Å²) in [6.45, 7) is 5.29. The van der Waals surface area contributed by atoms with Crippen molar-refractivity contribution in [2.45, 2.75) is 26.8 Å². The van der Waals surface area contributed by atoms with E-state index in [1.807, 2.05) is 12.1 Å². The number of urea groups is 1. The van der Waals surface area contributed by atoms with Crippen LogP contribution in [0.1, 0.15) is 20.8 Å². The molecule has 0 saturated heterocycles. The molecule has 0 unspecified atom stereocenters. The molecule has 2 amide bonds. The fraction of sp³-hybridized carbons (Fsp3) is 0.385. The number of para-hydroxylation sites is 1. The van der Waals surface area contributed by atoms with Crippen LogP contribution in [-0.2, 0) is 4.79 Å². The van der Waals surface area contributed by atoms with Crippen LogP contribution in [0, 0.1) is 8.99 Å². The summed E-state index contributed by atoms with van der Waals surface area (Å²) >= 11 is 2.10. The van der Waals surface area contributed by atoms with Gasteiger partial charge in [0.05, 0.1) is 5.69 Å². The molecule has 1 atom stereocenters. The fourth-order valence-electron chi connectivity index (χ4n) is 1.50. The molecule has 0 aliphatic rings. The Bertz CT molecular complexity index is 483. The SMILES string of the molecule is CC(C)(C)[C@H](NC(=O)Nc1ccccc1I)C(=O)O. The third-order valence-corrected chi connectivity index (χ3v) is 3.45. The lowest BCUT2D eigenvalue weighted by atomic mass is 9.87. The van der Waals surface area contributed by atoms with Crippen LogP contribution in [0.25, 0.3) is 0 Å². The second kappa shape index (κ2) is 6.23. The van der Waals surface area contributed by atoms with E-state index in [2.05, 4.69) is 33.2 Å². The zero-order valence-electron chi connectivity index (χ0n) is 11.0. The van der Waals surface area contributed by atoms with Gasteiger partial charge in [-0.15, -0.1) is 0 Å². The minimum atomic E-state index is -1.05. The van der Waals surface area contributed by atoms with E-state index < -0.39 is 23.5 Å². The van der Waals surface area contributed by atoms with Crippen LogP contribution in [0.2, 0.25) is 0 Å². The first-order valence-electron chi connectivity index (χ1n) is 5.76. The number of carboxylic acid groups (broad SMARTS) is 1. The molecular formula is C13H17IN2O3. The Hall–Kier alpha value is -1.31. The van der Waals surface area contributed by atoms with Gasteiger partial charge in [-0.25, -0.2) is 9.59 Å². The molecule has 0 aliphatic carbocycles. The van der Waals surface area contributed by atoms with Crippen molar-refractivity contribution in [3.8, 4) is 0 Å². The maximum absolute atomic E-state index is 11.8. The highest BCUT2D eigenvalue weighted by atomic mass is 127.